The van der Waals surface area contributed by atoms with E-state index < -0.39 is 19.0 Å². The first-order chi connectivity index (χ1) is 10.5. The van der Waals surface area contributed by atoms with Crippen LogP contribution in [0.15, 0.2) is 0 Å². The molecule has 4 nitrogen and oxygen atoms in total. The van der Waals surface area contributed by atoms with Gasteiger partial charge in [0, 0.05) is 0 Å². The molecule has 0 radical (unpaired) electrons. The summed E-state index contributed by atoms with van der Waals surface area (Å²) in [5.74, 6) is 0. The molecule has 1 N–H and O–H groups in total. The Morgan fingerprint density at radius 1 is 0.739 bits per heavy atom. The SMILES string of the molecule is CCCCCCC(C)(C)OP(=O)(O)OC(C)(C)CCCCCC. The van der Waals surface area contributed by atoms with Crippen molar-refractivity contribution in [1.82, 2.24) is 0 Å². The van der Waals surface area contributed by atoms with Crippen LogP contribution < -0.4 is 0 Å². The third-order valence-corrected chi connectivity index (χ3v) is 5.44. The first kappa shape index (κ1) is 23.1. The standard InChI is InChI=1S/C18H39O4P/c1-7-9-11-13-15-17(3,4)21-23(19,20)22-18(5,6)16-14-12-10-8-2/h7-16H2,1-6H3,(H,19,20). The monoisotopic (exact) mass is 350 g/mol. The number of phosphoric ester groups is 1. The van der Waals surface area contributed by atoms with E-state index in [1.165, 1.54) is 25.7 Å². The number of unbranched alkanes of at least 4 members (excludes halogenated alkanes) is 6. The van der Waals surface area contributed by atoms with E-state index in [1.54, 1.807) is 0 Å². The van der Waals surface area contributed by atoms with Gasteiger partial charge < -0.3 is 4.89 Å². The summed E-state index contributed by atoms with van der Waals surface area (Å²) >= 11 is 0. The molecule has 0 spiro atoms. The van der Waals surface area contributed by atoms with E-state index in [-0.39, 0.29) is 0 Å². The zero-order valence-corrected chi connectivity index (χ0v) is 17.1. The van der Waals surface area contributed by atoms with E-state index in [0.717, 1.165) is 38.5 Å². The number of hydrogen-bond donors (Lipinski definition) is 1. The smallest absolute Gasteiger partial charge is 0.302 e. The van der Waals surface area contributed by atoms with Gasteiger partial charge in [-0.05, 0) is 40.5 Å². The van der Waals surface area contributed by atoms with Gasteiger partial charge in [-0.25, -0.2) is 4.57 Å². The van der Waals surface area contributed by atoms with E-state index in [2.05, 4.69) is 13.8 Å². The highest BCUT2D eigenvalue weighted by atomic mass is 31.2. The van der Waals surface area contributed by atoms with Gasteiger partial charge in [0.2, 0.25) is 0 Å². The van der Waals surface area contributed by atoms with Gasteiger partial charge in [0.1, 0.15) is 0 Å². The van der Waals surface area contributed by atoms with Crippen molar-refractivity contribution in [1.29, 1.82) is 0 Å². The van der Waals surface area contributed by atoms with E-state index in [9.17, 15) is 9.46 Å². The van der Waals surface area contributed by atoms with Crippen LogP contribution in [0.5, 0.6) is 0 Å². The fourth-order valence-electron chi connectivity index (χ4n) is 2.69. The Balaban J connectivity index is 4.34. The van der Waals surface area contributed by atoms with Crippen molar-refractivity contribution in [2.75, 3.05) is 0 Å². The Bertz CT molecular complexity index is 323. The first-order valence-electron chi connectivity index (χ1n) is 9.28. The molecule has 0 aromatic heterocycles. The zero-order valence-electron chi connectivity index (χ0n) is 16.2. The Morgan fingerprint density at radius 2 is 1.09 bits per heavy atom. The van der Waals surface area contributed by atoms with Crippen LogP contribution in [0.4, 0.5) is 0 Å². The van der Waals surface area contributed by atoms with Crippen LogP contribution in [0.2, 0.25) is 0 Å². The van der Waals surface area contributed by atoms with Gasteiger partial charge >= 0.3 is 7.82 Å². The topological polar surface area (TPSA) is 55.8 Å². The van der Waals surface area contributed by atoms with Crippen molar-refractivity contribution in [3.8, 4) is 0 Å². The highest BCUT2D eigenvalue weighted by Gasteiger charge is 2.36. The summed E-state index contributed by atoms with van der Waals surface area (Å²) in [5, 5.41) is 0. The molecule has 0 fully saturated rings. The van der Waals surface area contributed by atoms with Crippen molar-refractivity contribution < 1.29 is 18.5 Å². The minimum Gasteiger partial charge on any atom is -0.302 e. The van der Waals surface area contributed by atoms with Gasteiger partial charge in [-0.3, -0.25) is 9.05 Å². The van der Waals surface area contributed by atoms with Gasteiger partial charge in [0.25, 0.3) is 0 Å². The highest BCUT2D eigenvalue weighted by Crippen LogP contribution is 2.52. The second-order valence-corrected chi connectivity index (χ2v) is 9.09. The molecule has 0 saturated carbocycles. The first-order valence-corrected chi connectivity index (χ1v) is 10.8. The fourth-order valence-corrected chi connectivity index (χ4v) is 4.16. The van der Waals surface area contributed by atoms with Crippen LogP contribution in [0.3, 0.4) is 0 Å². The molecule has 0 rings (SSSR count). The van der Waals surface area contributed by atoms with Crippen molar-refractivity contribution in [3.63, 3.8) is 0 Å². The lowest BCUT2D eigenvalue weighted by molar-refractivity contribution is -0.00442. The molecule has 0 aromatic carbocycles. The van der Waals surface area contributed by atoms with Crippen LogP contribution in [0.1, 0.15) is 106 Å². The summed E-state index contributed by atoms with van der Waals surface area (Å²) in [7, 11) is -4.05. The van der Waals surface area contributed by atoms with Gasteiger partial charge in [0.05, 0.1) is 11.2 Å². The maximum absolute atomic E-state index is 12.3. The second kappa shape index (κ2) is 10.9. The molecular weight excluding hydrogens is 311 g/mol. The summed E-state index contributed by atoms with van der Waals surface area (Å²) in [6.45, 7) is 11.8. The zero-order chi connectivity index (χ0) is 18.0. The Labute approximate surface area is 144 Å². The quantitative estimate of drug-likeness (QED) is 0.282. The molecule has 140 valence electrons. The summed E-state index contributed by atoms with van der Waals surface area (Å²) in [6, 6.07) is 0. The van der Waals surface area contributed by atoms with E-state index in [4.69, 9.17) is 9.05 Å². The molecule has 0 bridgehead atoms. The van der Waals surface area contributed by atoms with Crippen LogP contribution >= 0.6 is 7.82 Å². The summed E-state index contributed by atoms with van der Waals surface area (Å²) in [6.07, 6.45) is 10.5. The van der Waals surface area contributed by atoms with Crippen LogP contribution in [-0.4, -0.2) is 16.1 Å². The van der Waals surface area contributed by atoms with Gasteiger partial charge in [-0.15, -0.1) is 0 Å². The van der Waals surface area contributed by atoms with Gasteiger partial charge in [-0.2, -0.15) is 0 Å². The highest BCUT2D eigenvalue weighted by molar-refractivity contribution is 7.47. The molecule has 0 aromatic rings. The maximum Gasteiger partial charge on any atom is 0.473 e. The molecule has 0 aliphatic rings. The predicted molar refractivity (Wildman–Crippen MR) is 97.7 cm³/mol. The minimum atomic E-state index is -4.05. The van der Waals surface area contributed by atoms with Gasteiger partial charge in [-0.1, -0.05) is 65.2 Å². The third kappa shape index (κ3) is 13.1. The van der Waals surface area contributed by atoms with Crippen LogP contribution in [0.25, 0.3) is 0 Å². The molecule has 5 heteroatoms. The number of rotatable bonds is 14. The summed E-state index contributed by atoms with van der Waals surface area (Å²) < 4.78 is 23.2. The Morgan fingerprint density at radius 3 is 1.39 bits per heavy atom. The summed E-state index contributed by atoms with van der Waals surface area (Å²) in [5.41, 5.74) is -1.29. The average molecular weight is 350 g/mol. The number of phosphoric acid groups is 1. The normalized spacial score (nSPS) is 13.5. The van der Waals surface area contributed by atoms with Crippen LogP contribution in [0, 0.1) is 0 Å². The van der Waals surface area contributed by atoms with Crippen molar-refractivity contribution in [2.24, 2.45) is 0 Å². The minimum absolute atomic E-state index is 0.643. The number of hydrogen-bond acceptors (Lipinski definition) is 3. The molecule has 0 unspecified atom stereocenters. The predicted octanol–water partition coefficient (Wildman–Crippen LogP) is 6.62. The lowest BCUT2D eigenvalue weighted by atomic mass is 10.0. The molecule has 0 heterocycles. The maximum atomic E-state index is 12.3. The Kier molecular flexibility index (Phi) is 10.9. The largest absolute Gasteiger partial charge is 0.473 e. The molecule has 0 aliphatic heterocycles. The molecule has 0 atom stereocenters. The van der Waals surface area contributed by atoms with Crippen LogP contribution in [-0.2, 0) is 13.6 Å². The third-order valence-electron chi connectivity index (χ3n) is 3.99. The van der Waals surface area contributed by atoms with Crippen molar-refractivity contribution >= 4 is 7.82 Å². The van der Waals surface area contributed by atoms with E-state index in [0.29, 0.717) is 0 Å². The molecule has 0 saturated heterocycles. The van der Waals surface area contributed by atoms with Gasteiger partial charge in [0.15, 0.2) is 0 Å². The Hall–Kier alpha value is 0.110. The van der Waals surface area contributed by atoms with Crippen molar-refractivity contribution in [2.45, 2.75) is 117 Å². The molecule has 0 aliphatic carbocycles. The molecule has 23 heavy (non-hydrogen) atoms. The lowest BCUT2D eigenvalue weighted by Gasteiger charge is -2.32. The lowest BCUT2D eigenvalue weighted by Crippen LogP contribution is -2.28. The average Bonchev–Trinajstić information content (AvgIpc) is 2.37. The van der Waals surface area contributed by atoms with E-state index >= 15 is 0 Å². The van der Waals surface area contributed by atoms with E-state index in [1.807, 2.05) is 27.7 Å². The molecule has 0 amide bonds. The fraction of sp³-hybridized carbons (Fsp3) is 1.00. The molecular formula is C18H39O4P. The summed E-state index contributed by atoms with van der Waals surface area (Å²) in [4.78, 5) is 10.1. The van der Waals surface area contributed by atoms with Crippen molar-refractivity contribution in [3.05, 3.63) is 0 Å². The second-order valence-electron chi connectivity index (χ2n) is 7.79.